The Kier molecular flexibility index (Phi) is 5.22. The molecule has 112 valence electrons. The molecule has 0 aliphatic heterocycles. The zero-order valence-electron chi connectivity index (χ0n) is 11.4. The zero-order valence-corrected chi connectivity index (χ0v) is 12.2. The second-order valence-corrected chi connectivity index (χ2v) is 5.30. The largest absolute Gasteiger partial charge is 0.484 e. The van der Waals surface area contributed by atoms with Gasteiger partial charge >= 0.3 is 0 Å². The first-order valence-corrected chi connectivity index (χ1v) is 7.06. The Morgan fingerprint density at radius 3 is 2.57 bits per heavy atom. The van der Waals surface area contributed by atoms with Crippen LogP contribution >= 0.6 is 11.6 Å². The fourth-order valence-corrected chi connectivity index (χ4v) is 2.34. The molecule has 0 heterocycles. The van der Waals surface area contributed by atoms with E-state index in [4.69, 9.17) is 22.1 Å². The van der Waals surface area contributed by atoms with Gasteiger partial charge in [0.15, 0.2) is 6.61 Å². The van der Waals surface area contributed by atoms with Gasteiger partial charge in [0.25, 0.3) is 5.91 Å². The third-order valence-electron chi connectivity index (χ3n) is 3.33. The van der Waals surface area contributed by atoms with Gasteiger partial charge in [0.2, 0.25) is 5.91 Å². The summed E-state index contributed by atoms with van der Waals surface area (Å²) in [5.41, 5.74) is 5.34. The zero-order chi connectivity index (χ0) is 15.2. The number of benzene rings is 1. The molecule has 0 spiro atoms. The number of allylic oxidation sites excluding steroid dienone is 1. The maximum Gasteiger partial charge on any atom is 0.258 e. The molecule has 2 atom stereocenters. The second-order valence-electron chi connectivity index (χ2n) is 4.87. The van der Waals surface area contributed by atoms with Crippen molar-refractivity contribution in [1.82, 2.24) is 5.32 Å². The Morgan fingerprint density at radius 2 is 1.90 bits per heavy atom. The highest BCUT2D eigenvalue weighted by Crippen LogP contribution is 2.19. The van der Waals surface area contributed by atoms with Gasteiger partial charge < -0.3 is 15.8 Å². The van der Waals surface area contributed by atoms with Crippen LogP contribution in [0, 0.1) is 5.92 Å². The number of halogens is 1. The van der Waals surface area contributed by atoms with Crippen LogP contribution in [0.2, 0.25) is 5.02 Å². The molecule has 1 aliphatic rings. The summed E-state index contributed by atoms with van der Waals surface area (Å²) in [6.45, 7) is -0.118. The lowest BCUT2D eigenvalue weighted by Crippen LogP contribution is -2.47. The van der Waals surface area contributed by atoms with E-state index in [0.717, 1.165) is 0 Å². The number of nitrogens with one attached hydrogen (secondary N) is 1. The number of primary amides is 1. The summed E-state index contributed by atoms with van der Waals surface area (Å²) < 4.78 is 5.36. The van der Waals surface area contributed by atoms with E-state index in [9.17, 15) is 9.59 Å². The second kappa shape index (κ2) is 7.13. The van der Waals surface area contributed by atoms with Gasteiger partial charge in [-0.1, -0.05) is 23.8 Å². The third-order valence-corrected chi connectivity index (χ3v) is 3.58. The van der Waals surface area contributed by atoms with E-state index >= 15 is 0 Å². The number of hydrogen-bond donors (Lipinski definition) is 2. The first-order valence-electron chi connectivity index (χ1n) is 6.68. The SMILES string of the molecule is NC(=O)C1CC=CCC1NC(=O)COc1ccc(Cl)cc1. The van der Waals surface area contributed by atoms with Crippen molar-refractivity contribution in [2.75, 3.05) is 6.61 Å². The van der Waals surface area contributed by atoms with Gasteiger partial charge in [-0.3, -0.25) is 9.59 Å². The molecule has 5 nitrogen and oxygen atoms in total. The number of ether oxygens (including phenoxy) is 1. The topological polar surface area (TPSA) is 81.4 Å². The minimum absolute atomic E-state index is 0.118. The molecule has 0 saturated carbocycles. The van der Waals surface area contributed by atoms with Crippen molar-refractivity contribution in [2.24, 2.45) is 11.7 Å². The Morgan fingerprint density at radius 1 is 1.24 bits per heavy atom. The fourth-order valence-electron chi connectivity index (χ4n) is 2.22. The van der Waals surface area contributed by atoms with E-state index in [1.807, 2.05) is 12.2 Å². The van der Waals surface area contributed by atoms with Crippen molar-refractivity contribution in [3.05, 3.63) is 41.4 Å². The molecule has 2 rings (SSSR count). The van der Waals surface area contributed by atoms with Crippen LogP contribution in [0.5, 0.6) is 5.75 Å². The summed E-state index contributed by atoms with van der Waals surface area (Å²) in [5, 5.41) is 3.39. The van der Waals surface area contributed by atoms with Crippen molar-refractivity contribution in [2.45, 2.75) is 18.9 Å². The molecule has 1 aliphatic carbocycles. The number of carbonyl (C=O) groups excluding carboxylic acids is 2. The smallest absolute Gasteiger partial charge is 0.258 e. The van der Waals surface area contributed by atoms with E-state index in [2.05, 4.69) is 5.32 Å². The molecule has 3 N–H and O–H groups in total. The molecule has 1 aromatic rings. The summed E-state index contributed by atoms with van der Waals surface area (Å²) in [6, 6.07) is 6.47. The molecule has 2 amide bonds. The number of amides is 2. The first kappa shape index (κ1) is 15.4. The molecule has 0 saturated heterocycles. The van der Waals surface area contributed by atoms with Crippen LogP contribution in [0.15, 0.2) is 36.4 Å². The van der Waals surface area contributed by atoms with Crippen LogP contribution in [0.3, 0.4) is 0 Å². The molecule has 1 aromatic carbocycles. The summed E-state index contributed by atoms with van der Waals surface area (Å²) in [5.74, 6) is -0.487. The molecular weight excluding hydrogens is 292 g/mol. The first-order chi connectivity index (χ1) is 10.1. The molecule has 0 radical (unpaired) electrons. The van der Waals surface area contributed by atoms with E-state index in [-0.39, 0.29) is 24.5 Å². The molecule has 0 fully saturated rings. The maximum atomic E-state index is 11.9. The van der Waals surface area contributed by atoms with Crippen molar-refractivity contribution in [1.29, 1.82) is 0 Å². The minimum Gasteiger partial charge on any atom is -0.484 e. The van der Waals surface area contributed by atoms with Crippen molar-refractivity contribution in [3.63, 3.8) is 0 Å². The Hall–Kier alpha value is -2.01. The Bertz CT molecular complexity index is 542. The van der Waals surface area contributed by atoms with Crippen LogP contribution in [-0.2, 0) is 9.59 Å². The van der Waals surface area contributed by atoms with Gasteiger partial charge in [0.05, 0.1) is 5.92 Å². The number of carbonyl (C=O) groups is 2. The molecule has 6 heteroatoms. The van der Waals surface area contributed by atoms with Crippen molar-refractivity contribution >= 4 is 23.4 Å². The molecule has 21 heavy (non-hydrogen) atoms. The molecular formula is C15H17ClN2O3. The normalized spacial score (nSPS) is 20.8. The fraction of sp³-hybridized carbons (Fsp3) is 0.333. The number of hydrogen-bond acceptors (Lipinski definition) is 3. The predicted molar refractivity (Wildman–Crippen MR) is 79.9 cm³/mol. The van der Waals surface area contributed by atoms with Gasteiger partial charge in [-0.15, -0.1) is 0 Å². The molecule has 2 unspecified atom stereocenters. The summed E-state index contributed by atoms with van der Waals surface area (Å²) >= 11 is 5.76. The summed E-state index contributed by atoms with van der Waals surface area (Å²) in [7, 11) is 0. The minimum atomic E-state index is -0.400. The van der Waals surface area contributed by atoms with E-state index < -0.39 is 5.91 Å². The van der Waals surface area contributed by atoms with Gasteiger partial charge in [0, 0.05) is 11.1 Å². The lowest BCUT2D eigenvalue weighted by Gasteiger charge is -2.26. The molecule has 0 bridgehead atoms. The van der Waals surface area contributed by atoms with Gasteiger partial charge in [0.1, 0.15) is 5.75 Å². The average Bonchev–Trinajstić information content (AvgIpc) is 2.47. The standard InChI is InChI=1S/C15H17ClN2O3/c16-10-5-7-11(8-6-10)21-9-14(19)18-13-4-2-1-3-12(13)15(17)20/h1-2,5-8,12-13H,3-4,9H2,(H2,17,20)(H,18,19). The van der Waals surface area contributed by atoms with Gasteiger partial charge in [-0.2, -0.15) is 0 Å². The maximum absolute atomic E-state index is 11.9. The quantitative estimate of drug-likeness (QED) is 0.812. The van der Waals surface area contributed by atoms with E-state index in [1.165, 1.54) is 0 Å². The van der Waals surface area contributed by atoms with Crippen LogP contribution in [0.1, 0.15) is 12.8 Å². The Balaban J connectivity index is 1.85. The highest BCUT2D eigenvalue weighted by Gasteiger charge is 2.28. The van der Waals surface area contributed by atoms with Crippen LogP contribution in [-0.4, -0.2) is 24.5 Å². The third kappa shape index (κ3) is 4.49. The highest BCUT2D eigenvalue weighted by molar-refractivity contribution is 6.30. The monoisotopic (exact) mass is 308 g/mol. The van der Waals surface area contributed by atoms with Crippen LogP contribution < -0.4 is 15.8 Å². The van der Waals surface area contributed by atoms with Crippen LogP contribution in [0.4, 0.5) is 0 Å². The van der Waals surface area contributed by atoms with Gasteiger partial charge in [-0.25, -0.2) is 0 Å². The van der Waals surface area contributed by atoms with Crippen molar-refractivity contribution < 1.29 is 14.3 Å². The molecule has 0 aromatic heterocycles. The number of rotatable bonds is 5. The lowest BCUT2D eigenvalue weighted by molar-refractivity contribution is -0.126. The van der Waals surface area contributed by atoms with Crippen molar-refractivity contribution in [3.8, 4) is 5.75 Å². The lowest BCUT2D eigenvalue weighted by atomic mass is 9.88. The van der Waals surface area contributed by atoms with E-state index in [0.29, 0.717) is 23.6 Å². The summed E-state index contributed by atoms with van der Waals surface area (Å²) in [6.07, 6.45) is 4.99. The summed E-state index contributed by atoms with van der Waals surface area (Å²) in [4.78, 5) is 23.2. The Labute approximate surface area is 128 Å². The van der Waals surface area contributed by atoms with E-state index in [1.54, 1.807) is 24.3 Å². The predicted octanol–water partition coefficient (Wildman–Crippen LogP) is 1.66. The average molecular weight is 309 g/mol. The van der Waals surface area contributed by atoms with Gasteiger partial charge in [-0.05, 0) is 37.1 Å². The van der Waals surface area contributed by atoms with Crippen LogP contribution in [0.25, 0.3) is 0 Å². The highest BCUT2D eigenvalue weighted by atomic mass is 35.5. The number of nitrogens with two attached hydrogens (primary N) is 1.